The van der Waals surface area contributed by atoms with Crippen molar-refractivity contribution in [3.05, 3.63) is 28.2 Å². The molecule has 3 amide bonds. The minimum atomic E-state index is -0.468. The second-order valence-corrected chi connectivity index (χ2v) is 5.09. The normalized spacial score (nSPS) is 13.8. The van der Waals surface area contributed by atoms with Crippen molar-refractivity contribution in [3.63, 3.8) is 0 Å². The molecule has 0 radical (unpaired) electrons. The van der Waals surface area contributed by atoms with E-state index in [1.165, 1.54) is 6.07 Å². The number of anilines is 1. The van der Waals surface area contributed by atoms with Gasteiger partial charge in [0.1, 0.15) is 0 Å². The van der Waals surface area contributed by atoms with E-state index in [4.69, 9.17) is 23.2 Å². The number of hydrogen-bond donors (Lipinski definition) is 3. The molecule has 102 valence electrons. The highest BCUT2D eigenvalue weighted by Gasteiger charge is 2.23. The molecule has 0 unspecified atom stereocenters. The minimum absolute atomic E-state index is 0.0519. The first-order valence-corrected chi connectivity index (χ1v) is 6.59. The van der Waals surface area contributed by atoms with E-state index in [0.29, 0.717) is 15.7 Å². The van der Waals surface area contributed by atoms with E-state index >= 15 is 0 Å². The lowest BCUT2D eigenvalue weighted by molar-refractivity contribution is -0.120. The maximum absolute atomic E-state index is 11.5. The van der Waals surface area contributed by atoms with Crippen LogP contribution < -0.4 is 16.0 Å². The Kier molecular flexibility index (Phi) is 4.50. The van der Waals surface area contributed by atoms with Gasteiger partial charge in [0.25, 0.3) is 0 Å². The van der Waals surface area contributed by atoms with Gasteiger partial charge in [0.15, 0.2) is 0 Å². The van der Waals surface area contributed by atoms with Crippen molar-refractivity contribution >= 4 is 40.8 Å². The Morgan fingerprint density at radius 3 is 2.58 bits per heavy atom. The van der Waals surface area contributed by atoms with Gasteiger partial charge in [-0.2, -0.15) is 0 Å². The van der Waals surface area contributed by atoms with Gasteiger partial charge in [-0.15, -0.1) is 0 Å². The van der Waals surface area contributed by atoms with E-state index in [9.17, 15) is 9.59 Å². The molecule has 1 aliphatic carbocycles. The smallest absolute Gasteiger partial charge is 0.319 e. The third-order valence-electron chi connectivity index (χ3n) is 2.53. The molecule has 7 heteroatoms. The van der Waals surface area contributed by atoms with Gasteiger partial charge in [-0.1, -0.05) is 23.2 Å². The zero-order chi connectivity index (χ0) is 13.8. The second kappa shape index (κ2) is 6.12. The van der Waals surface area contributed by atoms with Crippen LogP contribution in [-0.2, 0) is 4.79 Å². The van der Waals surface area contributed by atoms with E-state index in [1.54, 1.807) is 12.1 Å². The lowest BCUT2D eigenvalue weighted by atomic mass is 10.3. The molecule has 0 heterocycles. The van der Waals surface area contributed by atoms with Crippen molar-refractivity contribution in [2.24, 2.45) is 0 Å². The third kappa shape index (κ3) is 4.61. The first kappa shape index (κ1) is 14.0. The fraction of sp³-hybridized carbons (Fsp3) is 0.333. The van der Waals surface area contributed by atoms with E-state index < -0.39 is 6.03 Å². The number of benzene rings is 1. The Morgan fingerprint density at radius 2 is 1.95 bits per heavy atom. The Labute approximate surface area is 120 Å². The summed E-state index contributed by atoms with van der Waals surface area (Å²) in [5.41, 5.74) is 0.509. The first-order valence-electron chi connectivity index (χ1n) is 5.84. The molecule has 0 aromatic heterocycles. The Balaban J connectivity index is 1.76. The van der Waals surface area contributed by atoms with Crippen LogP contribution in [0.1, 0.15) is 12.8 Å². The van der Waals surface area contributed by atoms with Gasteiger partial charge in [0.2, 0.25) is 5.91 Å². The Hall–Kier alpha value is -1.46. The van der Waals surface area contributed by atoms with Crippen LogP contribution in [0.2, 0.25) is 10.0 Å². The van der Waals surface area contributed by atoms with Crippen LogP contribution in [0.4, 0.5) is 10.5 Å². The number of hydrogen-bond acceptors (Lipinski definition) is 2. The highest BCUT2D eigenvalue weighted by Crippen LogP contribution is 2.24. The molecule has 5 nitrogen and oxygen atoms in total. The molecule has 2 rings (SSSR count). The van der Waals surface area contributed by atoms with Crippen molar-refractivity contribution < 1.29 is 9.59 Å². The number of urea groups is 1. The monoisotopic (exact) mass is 301 g/mol. The number of carbonyl (C=O) groups excluding carboxylic acids is 2. The lowest BCUT2D eigenvalue weighted by Crippen LogP contribution is -2.39. The molecule has 3 N–H and O–H groups in total. The molecule has 0 spiro atoms. The summed E-state index contributed by atoms with van der Waals surface area (Å²) in [7, 11) is 0. The van der Waals surface area contributed by atoms with Crippen LogP contribution in [0.5, 0.6) is 0 Å². The molecule has 0 atom stereocenters. The van der Waals surface area contributed by atoms with E-state index in [2.05, 4.69) is 16.0 Å². The van der Waals surface area contributed by atoms with Crippen molar-refractivity contribution in [1.82, 2.24) is 10.6 Å². The van der Waals surface area contributed by atoms with Gasteiger partial charge in [-0.25, -0.2) is 4.79 Å². The molecular weight excluding hydrogens is 289 g/mol. The average molecular weight is 302 g/mol. The third-order valence-corrected chi connectivity index (χ3v) is 3.27. The van der Waals surface area contributed by atoms with Crippen molar-refractivity contribution in [3.8, 4) is 0 Å². The van der Waals surface area contributed by atoms with E-state index in [1.807, 2.05) is 0 Å². The summed E-state index contributed by atoms with van der Waals surface area (Å²) in [4.78, 5) is 22.9. The second-order valence-electron chi connectivity index (χ2n) is 4.28. The molecule has 0 aliphatic heterocycles. The van der Waals surface area contributed by atoms with Crippen molar-refractivity contribution in [1.29, 1.82) is 0 Å². The SMILES string of the molecule is O=C(CNC(=O)Nc1ccc(Cl)c(Cl)c1)NC1CC1. The molecule has 0 bridgehead atoms. The Morgan fingerprint density at radius 1 is 1.21 bits per heavy atom. The van der Waals surface area contributed by atoms with Gasteiger partial charge in [-0.3, -0.25) is 4.79 Å². The quantitative estimate of drug-likeness (QED) is 0.799. The van der Waals surface area contributed by atoms with Crippen LogP contribution in [0.25, 0.3) is 0 Å². The average Bonchev–Trinajstić information content (AvgIpc) is 3.15. The predicted octanol–water partition coefficient (Wildman–Crippen LogP) is 2.39. The predicted molar refractivity (Wildman–Crippen MR) is 74.6 cm³/mol. The Bertz CT molecular complexity index is 504. The number of halogens is 2. The molecule has 1 aliphatic rings. The van der Waals surface area contributed by atoms with Gasteiger partial charge >= 0.3 is 6.03 Å². The number of amides is 3. The minimum Gasteiger partial charge on any atom is -0.352 e. The molecule has 1 aromatic carbocycles. The van der Waals surface area contributed by atoms with Crippen LogP contribution >= 0.6 is 23.2 Å². The van der Waals surface area contributed by atoms with Gasteiger partial charge < -0.3 is 16.0 Å². The summed E-state index contributed by atoms with van der Waals surface area (Å²) in [6.07, 6.45) is 2.03. The topological polar surface area (TPSA) is 70.2 Å². The number of nitrogens with one attached hydrogen (secondary N) is 3. The van der Waals surface area contributed by atoms with Gasteiger partial charge in [0, 0.05) is 11.7 Å². The summed E-state index contributed by atoms with van der Waals surface area (Å²) in [6.45, 7) is -0.0519. The molecule has 1 aromatic rings. The number of rotatable bonds is 4. The number of carbonyl (C=O) groups is 2. The summed E-state index contributed by atoms with van der Waals surface area (Å²) in [5, 5.41) is 8.56. The first-order chi connectivity index (χ1) is 9.04. The van der Waals surface area contributed by atoms with E-state index in [0.717, 1.165) is 12.8 Å². The van der Waals surface area contributed by atoms with Crippen LogP contribution in [0.3, 0.4) is 0 Å². The van der Waals surface area contributed by atoms with Crippen molar-refractivity contribution in [2.45, 2.75) is 18.9 Å². The van der Waals surface area contributed by atoms with Gasteiger partial charge in [-0.05, 0) is 31.0 Å². The fourth-order valence-corrected chi connectivity index (χ4v) is 1.71. The molecule has 1 fully saturated rings. The maximum atomic E-state index is 11.5. The summed E-state index contributed by atoms with van der Waals surface area (Å²) in [5.74, 6) is -0.188. The molecule has 0 saturated heterocycles. The lowest BCUT2D eigenvalue weighted by Gasteiger charge is -2.08. The fourth-order valence-electron chi connectivity index (χ4n) is 1.42. The maximum Gasteiger partial charge on any atom is 0.319 e. The van der Waals surface area contributed by atoms with Crippen LogP contribution in [-0.4, -0.2) is 24.5 Å². The largest absolute Gasteiger partial charge is 0.352 e. The highest BCUT2D eigenvalue weighted by atomic mass is 35.5. The highest BCUT2D eigenvalue weighted by molar-refractivity contribution is 6.42. The van der Waals surface area contributed by atoms with Crippen LogP contribution in [0.15, 0.2) is 18.2 Å². The summed E-state index contributed by atoms with van der Waals surface area (Å²) < 4.78 is 0. The zero-order valence-electron chi connectivity index (χ0n) is 10.0. The summed E-state index contributed by atoms with van der Waals surface area (Å²) >= 11 is 11.6. The van der Waals surface area contributed by atoms with E-state index in [-0.39, 0.29) is 18.5 Å². The van der Waals surface area contributed by atoms with Crippen molar-refractivity contribution in [2.75, 3.05) is 11.9 Å². The molecule has 1 saturated carbocycles. The molecule has 19 heavy (non-hydrogen) atoms. The van der Waals surface area contributed by atoms with Crippen LogP contribution in [0, 0.1) is 0 Å². The molecular formula is C12H13Cl2N3O2. The summed E-state index contributed by atoms with van der Waals surface area (Å²) in [6, 6.07) is 4.56. The standard InChI is InChI=1S/C12H13Cl2N3O2/c13-9-4-3-8(5-10(9)14)17-12(19)15-6-11(18)16-7-1-2-7/h3-5,7H,1-2,6H2,(H,16,18)(H2,15,17,19). The van der Waals surface area contributed by atoms with Gasteiger partial charge in [0.05, 0.1) is 16.6 Å². The zero-order valence-corrected chi connectivity index (χ0v) is 11.5.